The first-order chi connectivity index (χ1) is 20.0. The van der Waals surface area contributed by atoms with Gasteiger partial charge in [-0.3, -0.25) is 9.59 Å². The molecule has 2 N–H and O–H groups in total. The molecular weight excluding hydrogens is 520 g/mol. The van der Waals surface area contributed by atoms with E-state index in [1.807, 2.05) is 73.7 Å². The summed E-state index contributed by atoms with van der Waals surface area (Å²) in [6.07, 6.45) is 1.50. The lowest BCUT2D eigenvalue weighted by Crippen LogP contribution is -3.14. The highest BCUT2D eigenvalue weighted by Gasteiger charge is 2.46. The third-order valence-corrected chi connectivity index (χ3v) is 7.99. The van der Waals surface area contributed by atoms with Crippen LogP contribution in [-0.2, 0) is 20.7 Å². The normalized spacial score (nSPS) is 22.0. The number of aliphatic hydroxyl groups excluding tert-OH is 1. The quantitative estimate of drug-likeness (QED) is 0.251. The second kappa shape index (κ2) is 11.8. The molecule has 8 heteroatoms. The van der Waals surface area contributed by atoms with Crippen molar-refractivity contribution in [2.45, 2.75) is 31.9 Å². The van der Waals surface area contributed by atoms with Crippen molar-refractivity contribution in [1.82, 2.24) is 4.90 Å². The number of quaternary nitrogens is 1. The summed E-state index contributed by atoms with van der Waals surface area (Å²) in [6.45, 7) is 6.60. The minimum absolute atomic E-state index is 0.0499. The minimum Gasteiger partial charge on any atom is -0.507 e. The maximum Gasteiger partial charge on any atom is 0.295 e. The summed E-state index contributed by atoms with van der Waals surface area (Å²) in [5.41, 5.74) is 2.27. The van der Waals surface area contributed by atoms with Gasteiger partial charge in [0.2, 0.25) is 0 Å². The smallest absolute Gasteiger partial charge is 0.295 e. The van der Waals surface area contributed by atoms with Gasteiger partial charge in [-0.05, 0) is 60.5 Å². The Morgan fingerprint density at radius 2 is 1.78 bits per heavy atom. The first-order valence-corrected chi connectivity index (χ1v) is 14.3. The zero-order valence-electron chi connectivity index (χ0n) is 23.2. The van der Waals surface area contributed by atoms with Crippen molar-refractivity contribution in [2.75, 3.05) is 39.4 Å². The Bertz CT molecular complexity index is 1460. The van der Waals surface area contributed by atoms with Crippen LogP contribution < -0.4 is 14.4 Å². The molecule has 6 rings (SSSR count). The highest BCUT2D eigenvalue weighted by Crippen LogP contribution is 2.41. The number of fused-ring (bicyclic) bond motifs is 1. The number of para-hydroxylation sites is 1. The molecule has 3 aliphatic rings. The molecule has 0 saturated carbocycles. The molecule has 2 saturated heterocycles. The number of hydrogen-bond donors (Lipinski definition) is 2. The Morgan fingerprint density at radius 1 is 1.00 bits per heavy atom. The van der Waals surface area contributed by atoms with Crippen LogP contribution in [0.15, 0.2) is 78.4 Å². The van der Waals surface area contributed by atoms with Crippen molar-refractivity contribution < 1.29 is 33.8 Å². The second-order valence-corrected chi connectivity index (χ2v) is 10.9. The molecule has 0 aromatic heterocycles. The van der Waals surface area contributed by atoms with Crippen LogP contribution in [0.3, 0.4) is 0 Å². The number of carbonyl (C=O) groups excluding carboxylic acids is 2. The van der Waals surface area contributed by atoms with E-state index in [2.05, 4.69) is 0 Å². The summed E-state index contributed by atoms with van der Waals surface area (Å²) in [5.74, 6) is 0.600. The van der Waals surface area contributed by atoms with Gasteiger partial charge in [-0.1, -0.05) is 30.3 Å². The van der Waals surface area contributed by atoms with Crippen LogP contribution in [0.2, 0.25) is 0 Å². The van der Waals surface area contributed by atoms with E-state index < -0.39 is 17.7 Å². The number of nitrogens with zero attached hydrogens (tertiary/aromatic N) is 1. The van der Waals surface area contributed by atoms with E-state index in [0.29, 0.717) is 29.2 Å². The van der Waals surface area contributed by atoms with Gasteiger partial charge in [0.25, 0.3) is 11.7 Å². The Hall–Kier alpha value is -4.14. The molecule has 0 unspecified atom stereocenters. The van der Waals surface area contributed by atoms with Crippen LogP contribution in [0, 0.1) is 0 Å². The monoisotopic (exact) mass is 555 g/mol. The Labute approximate surface area is 239 Å². The topological polar surface area (TPSA) is 89.7 Å². The zero-order chi connectivity index (χ0) is 28.3. The number of morpholine rings is 1. The summed E-state index contributed by atoms with van der Waals surface area (Å²) < 4.78 is 17.4. The van der Waals surface area contributed by atoms with Crippen LogP contribution in [0.25, 0.3) is 5.76 Å². The molecule has 3 heterocycles. The lowest BCUT2D eigenvalue weighted by molar-refractivity contribution is -0.908. The number of aliphatic hydroxyl groups is 1. The number of nitrogens with one attached hydrogen (secondary N) is 1. The lowest BCUT2D eigenvalue weighted by Gasteiger charge is -2.28. The standard InChI is InChI=1S/C33H34N2O6/c1-22-19-25-20-24(11-12-28(25)40-22)31(36)29-30(23-7-5-10-27(21-23)41-26-8-3-2-4-9-26)35(33(38)32(29)37)14-6-13-34-15-17-39-18-16-34/h2-5,7-12,20-22,30,36H,6,13-19H2,1H3/p+1/t22-,30+/m1/s1. The minimum atomic E-state index is -0.738. The summed E-state index contributed by atoms with van der Waals surface area (Å²) in [4.78, 5) is 30.1. The molecule has 3 aromatic carbocycles. The van der Waals surface area contributed by atoms with Crippen molar-refractivity contribution in [2.24, 2.45) is 0 Å². The number of rotatable bonds is 8. The second-order valence-electron chi connectivity index (χ2n) is 10.9. The molecule has 2 fully saturated rings. The zero-order valence-corrected chi connectivity index (χ0v) is 23.2. The number of Topliss-reactive ketones (excluding diaryl/α,β-unsaturated/α-hetero) is 1. The van der Waals surface area contributed by atoms with Crippen molar-refractivity contribution in [3.8, 4) is 17.2 Å². The van der Waals surface area contributed by atoms with Gasteiger partial charge in [0, 0.05) is 24.9 Å². The number of amides is 1. The van der Waals surface area contributed by atoms with Gasteiger partial charge in [0.15, 0.2) is 0 Å². The summed E-state index contributed by atoms with van der Waals surface area (Å²) >= 11 is 0. The molecule has 8 nitrogen and oxygen atoms in total. The first kappa shape index (κ1) is 27.1. The van der Waals surface area contributed by atoms with Crippen LogP contribution in [0.1, 0.15) is 36.1 Å². The fourth-order valence-corrected chi connectivity index (χ4v) is 5.96. The average molecular weight is 556 g/mol. The summed E-state index contributed by atoms with van der Waals surface area (Å²) in [6, 6.07) is 21.5. The molecule has 3 aliphatic heterocycles. The molecule has 0 spiro atoms. The van der Waals surface area contributed by atoms with Gasteiger partial charge in [-0.25, -0.2) is 0 Å². The average Bonchev–Trinajstić information content (AvgIpc) is 3.49. The van der Waals surface area contributed by atoms with Crippen molar-refractivity contribution in [1.29, 1.82) is 0 Å². The van der Waals surface area contributed by atoms with E-state index >= 15 is 0 Å². The van der Waals surface area contributed by atoms with E-state index in [-0.39, 0.29) is 17.4 Å². The summed E-state index contributed by atoms with van der Waals surface area (Å²) in [5, 5.41) is 11.6. The number of benzene rings is 3. The fraction of sp³-hybridized carbons (Fsp3) is 0.333. The van der Waals surface area contributed by atoms with Gasteiger partial charge in [0.05, 0.1) is 31.4 Å². The lowest BCUT2D eigenvalue weighted by atomic mass is 9.94. The third-order valence-electron chi connectivity index (χ3n) is 7.99. The predicted octanol–water partition coefficient (Wildman–Crippen LogP) is 3.53. The summed E-state index contributed by atoms with van der Waals surface area (Å²) in [7, 11) is 0. The highest BCUT2D eigenvalue weighted by atomic mass is 16.5. The van der Waals surface area contributed by atoms with Crippen LogP contribution >= 0.6 is 0 Å². The molecule has 0 bridgehead atoms. The van der Waals surface area contributed by atoms with E-state index in [9.17, 15) is 14.7 Å². The molecule has 212 valence electrons. The Morgan fingerprint density at radius 3 is 2.59 bits per heavy atom. The van der Waals surface area contributed by atoms with Crippen LogP contribution in [0.5, 0.6) is 17.2 Å². The highest BCUT2D eigenvalue weighted by molar-refractivity contribution is 6.46. The van der Waals surface area contributed by atoms with Gasteiger partial charge >= 0.3 is 0 Å². The van der Waals surface area contributed by atoms with Gasteiger partial charge in [0.1, 0.15) is 42.2 Å². The van der Waals surface area contributed by atoms with E-state index in [4.69, 9.17) is 14.2 Å². The fourth-order valence-electron chi connectivity index (χ4n) is 5.96. The first-order valence-electron chi connectivity index (χ1n) is 14.3. The number of hydrogen-bond acceptors (Lipinski definition) is 6. The van der Waals surface area contributed by atoms with E-state index in [1.165, 1.54) is 4.90 Å². The Kier molecular flexibility index (Phi) is 7.76. The van der Waals surface area contributed by atoms with Gasteiger partial charge < -0.3 is 29.1 Å². The van der Waals surface area contributed by atoms with Crippen molar-refractivity contribution in [3.63, 3.8) is 0 Å². The Balaban J connectivity index is 1.35. The largest absolute Gasteiger partial charge is 0.507 e. The molecule has 41 heavy (non-hydrogen) atoms. The number of ether oxygens (including phenoxy) is 3. The molecule has 2 atom stereocenters. The number of likely N-dealkylation sites (tertiary alicyclic amines) is 1. The third kappa shape index (κ3) is 5.71. The van der Waals surface area contributed by atoms with Gasteiger partial charge in [-0.15, -0.1) is 0 Å². The molecule has 0 aliphatic carbocycles. The number of ketones is 1. The molecule has 0 radical (unpaired) electrons. The van der Waals surface area contributed by atoms with Crippen LogP contribution in [0.4, 0.5) is 0 Å². The van der Waals surface area contributed by atoms with E-state index in [0.717, 1.165) is 57.0 Å². The number of carbonyl (C=O) groups is 2. The molecule has 3 aromatic rings. The predicted molar refractivity (Wildman–Crippen MR) is 153 cm³/mol. The van der Waals surface area contributed by atoms with Gasteiger partial charge in [-0.2, -0.15) is 0 Å². The van der Waals surface area contributed by atoms with Crippen molar-refractivity contribution in [3.05, 3.63) is 95.1 Å². The SMILES string of the molecule is C[C@@H]1Cc2cc(C(O)=C3C(=O)C(=O)N(CCC[NH+]4CCOCC4)[C@H]3c3cccc(Oc4ccccc4)c3)ccc2O1. The van der Waals surface area contributed by atoms with E-state index in [1.54, 1.807) is 11.0 Å². The van der Waals surface area contributed by atoms with Crippen molar-refractivity contribution >= 4 is 17.4 Å². The maximum atomic E-state index is 13.6. The molecule has 1 amide bonds. The molecular formula is C33H35N2O6+. The van der Waals surface area contributed by atoms with Crippen LogP contribution in [-0.4, -0.2) is 67.2 Å². The maximum absolute atomic E-state index is 13.6.